The van der Waals surface area contributed by atoms with Crippen molar-refractivity contribution in [3.8, 4) is 11.5 Å². The average molecular weight is 368 g/mol. The Morgan fingerprint density at radius 2 is 1.67 bits per heavy atom. The lowest BCUT2D eigenvalue weighted by atomic mass is 10.0. The average Bonchev–Trinajstić information content (AvgIpc) is 2.89. The largest absolute Gasteiger partial charge is 0.497 e. The molecule has 1 heterocycles. The quantitative estimate of drug-likeness (QED) is 0.820. The first-order valence-electron chi connectivity index (χ1n) is 8.79. The molecule has 6 heteroatoms. The van der Waals surface area contributed by atoms with Gasteiger partial charge in [0.05, 0.1) is 32.0 Å². The van der Waals surface area contributed by atoms with Crippen LogP contribution in [0.3, 0.4) is 0 Å². The molecule has 0 spiro atoms. The van der Waals surface area contributed by atoms with Crippen molar-refractivity contribution >= 4 is 23.2 Å². The van der Waals surface area contributed by atoms with E-state index >= 15 is 0 Å². The molecule has 1 saturated heterocycles. The van der Waals surface area contributed by atoms with Crippen molar-refractivity contribution in [1.82, 2.24) is 0 Å². The van der Waals surface area contributed by atoms with Gasteiger partial charge >= 0.3 is 0 Å². The van der Waals surface area contributed by atoms with Crippen molar-refractivity contribution in [2.75, 3.05) is 24.4 Å². The van der Waals surface area contributed by atoms with Gasteiger partial charge in [-0.2, -0.15) is 0 Å². The molecule has 1 N–H and O–H groups in total. The third kappa shape index (κ3) is 3.47. The van der Waals surface area contributed by atoms with Crippen LogP contribution in [0.15, 0.2) is 30.3 Å². The number of nitrogens with zero attached hydrogens (tertiary/aromatic N) is 1. The number of carbonyl (C=O) groups excluding carboxylic acids is 2. The highest BCUT2D eigenvalue weighted by Crippen LogP contribution is 2.34. The molecule has 1 atom stereocenters. The first-order valence-corrected chi connectivity index (χ1v) is 8.79. The van der Waals surface area contributed by atoms with Crippen LogP contribution in [0, 0.1) is 20.8 Å². The smallest absolute Gasteiger partial charge is 0.256 e. The van der Waals surface area contributed by atoms with Gasteiger partial charge in [0.25, 0.3) is 5.91 Å². The van der Waals surface area contributed by atoms with Crippen molar-refractivity contribution in [3.63, 3.8) is 0 Å². The fraction of sp³-hybridized carbons (Fsp3) is 0.333. The zero-order chi connectivity index (χ0) is 19.7. The lowest BCUT2D eigenvalue weighted by Crippen LogP contribution is -2.35. The van der Waals surface area contributed by atoms with Crippen molar-refractivity contribution < 1.29 is 19.1 Å². The van der Waals surface area contributed by atoms with Gasteiger partial charge in [-0.05, 0) is 44.0 Å². The van der Waals surface area contributed by atoms with E-state index in [0.29, 0.717) is 22.9 Å². The van der Waals surface area contributed by atoms with Crippen LogP contribution in [-0.2, 0) is 9.59 Å². The Morgan fingerprint density at radius 1 is 1.00 bits per heavy atom. The maximum Gasteiger partial charge on any atom is 0.256 e. The fourth-order valence-corrected chi connectivity index (χ4v) is 3.61. The molecule has 0 bridgehead atoms. The molecule has 1 aliphatic heterocycles. The summed E-state index contributed by atoms with van der Waals surface area (Å²) >= 11 is 0. The van der Waals surface area contributed by atoms with Gasteiger partial charge in [0.2, 0.25) is 5.91 Å². The lowest BCUT2D eigenvalue weighted by Gasteiger charge is -2.21. The van der Waals surface area contributed by atoms with Crippen LogP contribution in [0.5, 0.6) is 11.5 Å². The number of benzene rings is 2. The van der Waals surface area contributed by atoms with Gasteiger partial charge in [-0.3, -0.25) is 9.59 Å². The molecule has 27 heavy (non-hydrogen) atoms. The van der Waals surface area contributed by atoms with Crippen LogP contribution in [0.4, 0.5) is 11.4 Å². The first kappa shape index (κ1) is 18.8. The summed E-state index contributed by atoms with van der Waals surface area (Å²) in [5, 5.41) is 3.15. The van der Waals surface area contributed by atoms with E-state index in [2.05, 4.69) is 5.32 Å². The molecular weight excluding hydrogens is 344 g/mol. The van der Waals surface area contributed by atoms with E-state index in [0.717, 1.165) is 16.7 Å². The Labute approximate surface area is 159 Å². The Morgan fingerprint density at radius 3 is 2.26 bits per heavy atom. The molecule has 1 aliphatic rings. The van der Waals surface area contributed by atoms with E-state index in [-0.39, 0.29) is 18.2 Å². The topological polar surface area (TPSA) is 67.9 Å². The lowest BCUT2D eigenvalue weighted by molar-refractivity contribution is -0.121. The Bertz CT molecular complexity index is 884. The minimum Gasteiger partial charge on any atom is -0.497 e. The molecule has 0 saturated carbocycles. The van der Waals surface area contributed by atoms with Gasteiger partial charge in [0.1, 0.15) is 17.5 Å². The zero-order valence-electron chi connectivity index (χ0n) is 16.3. The summed E-state index contributed by atoms with van der Waals surface area (Å²) in [5.74, 6) is 0.738. The van der Waals surface area contributed by atoms with Gasteiger partial charge in [-0.25, -0.2) is 4.90 Å². The number of aryl methyl sites for hydroxylation is 3. The SMILES string of the molecule is COc1ccc(NC2CC(=O)N(c3c(C)cc(C)cc3C)C2=O)c(OC)c1. The van der Waals surface area contributed by atoms with Gasteiger partial charge in [-0.15, -0.1) is 0 Å². The minimum atomic E-state index is -0.639. The minimum absolute atomic E-state index is 0.0980. The summed E-state index contributed by atoms with van der Waals surface area (Å²) < 4.78 is 10.6. The standard InChI is InChI=1S/C21H24N2O4/c1-12-8-13(2)20(14(3)9-12)23-19(24)11-17(21(23)25)22-16-7-6-15(26-4)10-18(16)27-5/h6-10,17,22H,11H2,1-5H3. The van der Waals surface area contributed by atoms with Crippen molar-refractivity contribution in [1.29, 1.82) is 0 Å². The molecule has 142 valence electrons. The second-order valence-corrected chi connectivity index (χ2v) is 6.78. The molecule has 3 rings (SSSR count). The zero-order valence-corrected chi connectivity index (χ0v) is 16.3. The molecule has 2 amide bonds. The van der Waals surface area contributed by atoms with Crippen LogP contribution in [0.1, 0.15) is 23.1 Å². The highest BCUT2D eigenvalue weighted by molar-refractivity contribution is 6.23. The predicted octanol–water partition coefficient (Wildman–Crippen LogP) is 3.37. The maximum atomic E-state index is 13.0. The fourth-order valence-electron chi connectivity index (χ4n) is 3.61. The molecule has 0 aromatic heterocycles. The maximum absolute atomic E-state index is 13.0. The molecule has 0 radical (unpaired) electrons. The summed E-state index contributed by atoms with van der Waals surface area (Å²) in [6.07, 6.45) is 0.0980. The number of ether oxygens (including phenoxy) is 2. The number of hydrogen-bond acceptors (Lipinski definition) is 5. The molecule has 1 fully saturated rings. The van der Waals surface area contributed by atoms with Gasteiger partial charge in [0, 0.05) is 6.07 Å². The first-order chi connectivity index (χ1) is 12.8. The predicted molar refractivity (Wildman–Crippen MR) is 105 cm³/mol. The van der Waals surface area contributed by atoms with Crippen LogP contribution in [0.2, 0.25) is 0 Å². The van der Waals surface area contributed by atoms with Crippen LogP contribution >= 0.6 is 0 Å². The molecule has 2 aromatic carbocycles. The number of carbonyl (C=O) groups is 2. The Balaban J connectivity index is 1.89. The molecule has 6 nitrogen and oxygen atoms in total. The third-order valence-corrected chi connectivity index (χ3v) is 4.74. The van der Waals surface area contributed by atoms with Crippen LogP contribution in [0.25, 0.3) is 0 Å². The number of imide groups is 1. The summed E-state index contributed by atoms with van der Waals surface area (Å²) in [7, 11) is 3.12. The van der Waals surface area contributed by atoms with E-state index in [4.69, 9.17) is 9.47 Å². The number of nitrogens with one attached hydrogen (secondary N) is 1. The highest BCUT2D eigenvalue weighted by atomic mass is 16.5. The molecule has 1 unspecified atom stereocenters. The van der Waals surface area contributed by atoms with Crippen molar-refractivity contribution in [3.05, 3.63) is 47.0 Å². The summed E-state index contributed by atoms with van der Waals surface area (Å²) in [5.41, 5.74) is 4.25. The number of rotatable bonds is 5. The number of amides is 2. The van der Waals surface area contributed by atoms with Crippen molar-refractivity contribution in [2.24, 2.45) is 0 Å². The third-order valence-electron chi connectivity index (χ3n) is 4.74. The summed E-state index contributed by atoms with van der Waals surface area (Å²) in [6.45, 7) is 5.84. The van der Waals surface area contributed by atoms with Gasteiger partial charge in [0.15, 0.2) is 0 Å². The van der Waals surface area contributed by atoms with Crippen LogP contribution in [-0.4, -0.2) is 32.1 Å². The number of anilines is 2. The Kier molecular flexibility index (Phi) is 5.08. The van der Waals surface area contributed by atoms with Gasteiger partial charge < -0.3 is 14.8 Å². The normalized spacial score (nSPS) is 16.6. The molecule has 0 aliphatic carbocycles. The van der Waals surface area contributed by atoms with Crippen LogP contribution < -0.4 is 19.7 Å². The van der Waals surface area contributed by atoms with E-state index < -0.39 is 6.04 Å². The summed E-state index contributed by atoms with van der Waals surface area (Å²) in [4.78, 5) is 27.0. The second-order valence-electron chi connectivity index (χ2n) is 6.78. The summed E-state index contributed by atoms with van der Waals surface area (Å²) in [6, 6.07) is 8.61. The number of hydrogen-bond donors (Lipinski definition) is 1. The monoisotopic (exact) mass is 368 g/mol. The van der Waals surface area contributed by atoms with Gasteiger partial charge in [-0.1, -0.05) is 17.7 Å². The molecule has 2 aromatic rings. The van der Waals surface area contributed by atoms with E-state index in [1.165, 1.54) is 4.90 Å². The number of methoxy groups -OCH3 is 2. The molecular formula is C21H24N2O4. The second kappa shape index (κ2) is 7.31. The van der Waals surface area contributed by atoms with E-state index in [1.54, 1.807) is 32.4 Å². The Hall–Kier alpha value is -3.02. The van der Waals surface area contributed by atoms with Crippen molar-refractivity contribution in [2.45, 2.75) is 33.2 Å². The van der Waals surface area contributed by atoms with E-state index in [9.17, 15) is 9.59 Å². The van der Waals surface area contributed by atoms with E-state index in [1.807, 2.05) is 32.9 Å². The highest BCUT2D eigenvalue weighted by Gasteiger charge is 2.41.